The molecule has 1 aromatic carbocycles. The largest absolute Gasteiger partial charge is 0.481 e. The van der Waals surface area contributed by atoms with E-state index in [0.717, 1.165) is 4.90 Å². The molecule has 2 atom stereocenters. The number of halogens is 4. The molecule has 10 heteroatoms. The van der Waals surface area contributed by atoms with E-state index in [1.54, 1.807) is 24.3 Å². The van der Waals surface area contributed by atoms with Crippen molar-refractivity contribution in [1.82, 2.24) is 15.1 Å². The second kappa shape index (κ2) is 6.64. The monoisotopic (exact) mass is 387 g/mol. The van der Waals surface area contributed by atoms with Crippen molar-refractivity contribution < 1.29 is 27.9 Å². The van der Waals surface area contributed by atoms with Crippen molar-refractivity contribution in [2.45, 2.75) is 6.18 Å². The number of hydrogen-bond acceptors (Lipinski definition) is 3. The third-order valence-corrected chi connectivity index (χ3v) is 4.54. The molecule has 2 heterocycles. The maximum atomic E-state index is 13.0. The van der Waals surface area contributed by atoms with E-state index in [4.69, 9.17) is 16.7 Å². The van der Waals surface area contributed by atoms with Crippen LogP contribution in [0.2, 0.25) is 5.02 Å². The van der Waals surface area contributed by atoms with Crippen molar-refractivity contribution in [2.75, 3.05) is 13.1 Å². The number of likely N-dealkylation sites (tertiary alicyclic amines) is 1. The Hall–Kier alpha value is -2.55. The summed E-state index contributed by atoms with van der Waals surface area (Å²) in [6.45, 7) is -1.21. The molecule has 0 unspecified atom stereocenters. The normalized spacial score (nSPS) is 20.4. The quantitative estimate of drug-likeness (QED) is 0.847. The molecule has 3 rings (SSSR count). The highest BCUT2D eigenvalue weighted by atomic mass is 35.5. The second-order valence-corrected chi connectivity index (χ2v) is 6.41. The average molecular weight is 388 g/mol. The number of carbonyl (C=O) groups is 2. The van der Waals surface area contributed by atoms with Gasteiger partial charge < -0.3 is 10.0 Å². The minimum Gasteiger partial charge on any atom is -0.481 e. The number of aromatic amines is 1. The molecular weight excluding hydrogens is 375 g/mol. The maximum Gasteiger partial charge on any atom is 0.394 e. The summed E-state index contributed by atoms with van der Waals surface area (Å²) in [6.07, 6.45) is -4.69. The molecule has 1 aliphatic heterocycles. The molecule has 0 aliphatic carbocycles. The number of carboxylic acid groups (broad SMARTS) is 1. The van der Waals surface area contributed by atoms with Crippen molar-refractivity contribution in [3.63, 3.8) is 0 Å². The van der Waals surface area contributed by atoms with Gasteiger partial charge in [0.15, 0.2) is 0 Å². The highest BCUT2D eigenvalue weighted by molar-refractivity contribution is 6.30. The maximum absolute atomic E-state index is 13.0. The molecule has 6 nitrogen and oxygen atoms in total. The van der Waals surface area contributed by atoms with Crippen molar-refractivity contribution >= 4 is 23.5 Å². The number of aromatic nitrogens is 2. The number of carbonyl (C=O) groups excluding carboxylic acids is 1. The third-order valence-electron chi connectivity index (χ3n) is 4.29. The lowest BCUT2D eigenvalue weighted by Crippen LogP contribution is -2.34. The molecule has 2 N–H and O–H groups in total. The number of nitrogens with one attached hydrogen (secondary N) is 1. The van der Waals surface area contributed by atoms with Gasteiger partial charge in [-0.15, -0.1) is 0 Å². The zero-order valence-electron chi connectivity index (χ0n) is 13.1. The summed E-state index contributed by atoms with van der Waals surface area (Å²) in [6, 6.07) is 8.05. The van der Waals surface area contributed by atoms with Crippen LogP contribution in [0, 0.1) is 11.8 Å². The standard InChI is InChI=1S/C16H13ClF3N3O3/c17-9-3-1-8(2-4-9)12-5-13(22-21-12)14(24)23-6-10(15(25)26)11(7-23)16(18,19)20/h1-5,10-11H,6-7H2,(H,21,22)(H,25,26)/t10-,11-/m1/s1. The molecule has 1 fully saturated rings. The van der Waals surface area contributed by atoms with Gasteiger partial charge in [0.05, 0.1) is 17.5 Å². The molecular formula is C16H13ClF3N3O3. The average Bonchev–Trinajstić information content (AvgIpc) is 3.22. The molecule has 0 saturated carbocycles. The van der Waals surface area contributed by atoms with Gasteiger partial charge in [-0.3, -0.25) is 14.7 Å². The highest BCUT2D eigenvalue weighted by Gasteiger charge is 2.53. The Labute approximate surface area is 150 Å². The lowest BCUT2D eigenvalue weighted by molar-refractivity contribution is -0.187. The number of hydrogen-bond donors (Lipinski definition) is 2. The van der Waals surface area contributed by atoms with Gasteiger partial charge in [0.2, 0.25) is 0 Å². The van der Waals surface area contributed by atoms with Crippen LogP contribution in [-0.2, 0) is 4.79 Å². The fourth-order valence-corrected chi connectivity index (χ4v) is 3.05. The molecule has 0 radical (unpaired) electrons. The van der Waals surface area contributed by atoms with Gasteiger partial charge >= 0.3 is 12.1 Å². The van der Waals surface area contributed by atoms with Crippen molar-refractivity contribution in [3.05, 3.63) is 41.0 Å². The molecule has 138 valence electrons. The third kappa shape index (κ3) is 3.52. The van der Waals surface area contributed by atoms with E-state index in [1.165, 1.54) is 6.07 Å². The predicted octanol–water partition coefficient (Wildman–Crippen LogP) is 3.07. The van der Waals surface area contributed by atoms with Gasteiger partial charge in [0, 0.05) is 23.7 Å². The van der Waals surface area contributed by atoms with Gasteiger partial charge in [0.1, 0.15) is 5.69 Å². The van der Waals surface area contributed by atoms with Crippen LogP contribution in [0.5, 0.6) is 0 Å². The number of carboxylic acids is 1. The number of amides is 1. The van der Waals surface area contributed by atoms with Crippen LogP contribution in [0.3, 0.4) is 0 Å². The summed E-state index contributed by atoms with van der Waals surface area (Å²) in [5.74, 6) is -6.08. The van der Waals surface area contributed by atoms with Gasteiger partial charge in [0.25, 0.3) is 5.91 Å². The number of nitrogens with zero attached hydrogens (tertiary/aromatic N) is 2. The first-order chi connectivity index (χ1) is 12.2. The van der Waals surface area contributed by atoms with Crippen molar-refractivity contribution in [2.24, 2.45) is 11.8 Å². The van der Waals surface area contributed by atoms with E-state index in [-0.39, 0.29) is 5.69 Å². The van der Waals surface area contributed by atoms with Crippen LogP contribution in [0.25, 0.3) is 11.3 Å². The van der Waals surface area contributed by atoms with Crippen LogP contribution in [0.1, 0.15) is 10.5 Å². The summed E-state index contributed by atoms with van der Waals surface area (Å²) in [5.41, 5.74) is 1.08. The van der Waals surface area contributed by atoms with Gasteiger partial charge in [-0.2, -0.15) is 18.3 Å². The molecule has 1 saturated heterocycles. The number of rotatable bonds is 3. The van der Waals surface area contributed by atoms with Crippen molar-refractivity contribution in [3.8, 4) is 11.3 Å². The summed E-state index contributed by atoms with van der Waals surface area (Å²) in [4.78, 5) is 24.5. The summed E-state index contributed by atoms with van der Waals surface area (Å²) < 4.78 is 39.1. The molecule has 1 aromatic heterocycles. The fraction of sp³-hybridized carbons (Fsp3) is 0.312. The molecule has 1 amide bonds. The fourth-order valence-electron chi connectivity index (χ4n) is 2.92. The van der Waals surface area contributed by atoms with E-state index in [0.29, 0.717) is 16.3 Å². The second-order valence-electron chi connectivity index (χ2n) is 5.98. The summed E-state index contributed by atoms with van der Waals surface area (Å²) in [5, 5.41) is 16.0. The van der Waals surface area contributed by atoms with Gasteiger partial charge in [-0.25, -0.2) is 0 Å². The minimum atomic E-state index is -4.69. The molecule has 0 bridgehead atoms. The number of benzene rings is 1. The van der Waals surface area contributed by atoms with E-state index in [2.05, 4.69) is 10.2 Å². The topological polar surface area (TPSA) is 86.3 Å². The molecule has 26 heavy (non-hydrogen) atoms. The van der Waals surface area contributed by atoms with E-state index in [9.17, 15) is 22.8 Å². The highest BCUT2D eigenvalue weighted by Crippen LogP contribution is 2.38. The number of aliphatic carboxylic acids is 1. The Balaban J connectivity index is 1.80. The summed E-state index contributed by atoms with van der Waals surface area (Å²) in [7, 11) is 0. The number of H-pyrrole nitrogens is 1. The predicted molar refractivity (Wildman–Crippen MR) is 85.6 cm³/mol. The van der Waals surface area contributed by atoms with Gasteiger partial charge in [-0.05, 0) is 18.2 Å². The Kier molecular flexibility index (Phi) is 4.66. The Morgan fingerprint density at radius 1 is 1.23 bits per heavy atom. The smallest absolute Gasteiger partial charge is 0.394 e. The molecule has 0 spiro atoms. The zero-order chi connectivity index (χ0) is 19.1. The lowest BCUT2D eigenvalue weighted by atomic mass is 9.96. The van der Waals surface area contributed by atoms with Crippen LogP contribution in [0.4, 0.5) is 13.2 Å². The van der Waals surface area contributed by atoms with E-state index >= 15 is 0 Å². The first kappa shape index (κ1) is 18.2. The molecule has 2 aromatic rings. The Bertz CT molecular complexity index is 835. The number of alkyl halides is 3. The van der Waals surface area contributed by atoms with E-state index in [1.807, 2.05) is 0 Å². The van der Waals surface area contributed by atoms with Crippen LogP contribution in [0.15, 0.2) is 30.3 Å². The van der Waals surface area contributed by atoms with Crippen molar-refractivity contribution in [1.29, 1.82) is 0 Å². The first-order valence-electron chi connectivity index (χ1n) is 7.57. The Morgan fingerprint density at radius 2 is 1.88 bits per heavy atom. The van der Waals surface area contributed by atoms with Crippen LogP contribution in [-0.4, -0.2) is 51.3 Å². The minimum absolute atomic E-state index is 0.0121. The molecule has 1 aliphatic rings. The van der Waals surface area contributed by atoms with Gasteiger partial charge in [-0.1, -0.05) is 23.7 Å². The summed E-state index contributed by atoms with van der Waals surface area (Å²) >= 11 is 5.80. The van der Waals surface area contributed by atoms with Crippen LogP contribution >= 0.6 is 11.6 Å². The lowest BCUT2D eigenvalue weighted by Gasteiger charge is -2.18. The first-order valence-corrected chi connectivity index (χ1v) is 7.94. The Morgan fingerprint density at radius 3 is 2.42 bits per heavy atom. The SMILES string of the molecule is O=C(O)[C@@H]1CN(C(=O)c2cc(-c3ccc(Cl)cc3)n[nH]2)C[C@H]1C(F)(F)F. The van der Waals surface area contributed by atoms with Crippen LogP contribution < -0.4 is 0 Å². The van der Waals surface area contributed by atoms with E-state index < -0.39 is 43.0 Å². The zero-order valence-corrected chi connectivity index (χ0v) is 13.9.